The first-order valence-corrected chi connectivity index (χ1v) is 8.47. The maximum Gasteiger partial charge on any atom is 0.325 e. The molecule has 0 heterocycles. The average molecular weight is 370 g/mol. The number of ether oxygens (including phenoxy) is 2. The number of hydrogen-bond donors (Lipinski definition) is 2. The number of benzene rings is 2. The molecule has 0 aliphatic heterocycles. The van der Waals surface area contributed by atoms with Crippen LogP contribution in [-0.4, -0.2) is 44.6 Å². The third kappa shape index (κ3) is 6.81. The van der Waals surface area contributed by atoms with Crippen LogP contribution in [-0.2, 0) is 20.7 Å². The lowest BCUT2D eigenvalue weighted by molar-refractivity contribution is -0.147. The fourth-order valence-corrected chi connectivity index (χ4v) is 2.34. The first-order chi connectivity index (χ1) is 13.1. The molecule has 0 radical (unpaired) electrons. The summed E-state index contributed by atoms with van der Waals surface area (Å²) in [6, 6.07) is 16.0. The number of methoxy groups -OCH3 is 1. The lowest BCUT2D eigenvalue weighted by Crippen LogP contribution is -2.34. The van der Waals surface area contributed by atoms with E-state index < -0.39 is 18.5 Å². The Kier molecular flexibility index (Phi) is 7.84. The minimum atomic E-state index is -0.681. The molecule has 0 fully saturated rings. The molecular formula is C20H22N2O5. The van der Waals surface area contributed by atoms with Crippen molar-refractivity contribution in [2.24, 2.45) is 0 Å². The van der Waals surface area contributed by atoms with Gasteiger partial charge in [0.1, 0.15) is 12.3 Å². The Morgan fingerprint density at radius 3 is 2.37 bits per heavy atom. The van der Waals surface area contributed by atoms with Crippen molar-refractivity contribution in [3.63, 3.8) is 0 Å². The summed E-state index contributed by atoms with van der Waals surface area (Å²) in [5.41, 5.74) is 1.42. The smallest absolute Gasteiger partial charge is 0.325 e. The number of nitrogens with one attached hydrogen (secondary N) is 2. The van der Waals surface area contributed by atoms with Crippen LogP contribution in [0.4, 0.5) is 0 Å². The molecule has 7 nitrogen and oxygen atoms in total. The van der Waals surface area contributed by atoms with Gasteiger partial charge in [0.25, 0.3) is 11.8 Å². The Bertz CT molecular complexity index is 777. The van der Waals surface area contributed by atoms with Gasteiger partial charge in [-0.1, -0.05) is 36.4 Å². The predicted octanol–water partition coefficient (Wildman–Crippen LogP) is 1.33. The van der Waals surface area contributed by atoms with Crippen molar-refractivity contribution in [3.8, 4) is 5.75 Å². The average Bonchev–Trinajstić information content (AvgIpc) is 2.71. The molecule has 27 heavy (non-hydrogen) atoms. The number of amides is 2. The SMILES string of the molecule is COc1ccccc1CCNC(=O)COC(=O)CNC(=O)c1ccccc1. The van der Waals surface area contributed by atoms with E-state index in [9.17, 15) is 14.4 Å². The zero-order valence-electron chi connectivity index (χ0n) is 15.1. The Labute approximate surface area is 157 Å². The Morgan fingerprint density at radius 1 is 0.926 bits per heavy atom. The van der Waals surface area contributed by atoms with E-state index in [1.807, 2.05) is 24.3 Å². The van der Waals surface area contributed by atoms with Gasteiger partial charge in [-0.15, -0.1) is 0 Å². The van der Waals surface area contributed by atoms with Crippen LogP contribution in [0.5, 0.6) is 5.75 Å². The second-order valence-electron chi connectivity index (χ2n) is 5.62. The van der Waals surface area contributed by atoms with Gasteiger partial charge in [0.05, 0.1) is 7.11 Å². The van der Waals surface area contributed by atoms with E-state index in [1.54, 1.807) is 37.4 Å². The highest BCUT2D eigenvalue weighted by Gasteiger charge is 2.10. The molecule has 0 bridgehead atoms. The number of carbonyl (C=O) groups is 3. The Morgan fingerprint density at radius 2 is 1.63 bits per heavy atom. The van der Waals surface area contributed by atoms with Gasteiger partial charge in [0, 0.05) is 12.1 Å². The van der Waals surface area contributed by atoms with Gasteiger partial charge in [-0.3, -0.25) is 14.4 Å². The minimum absolute atomic E-state index is 0.303. The number of rotatable bonds is 9. The molecule has 0 spiro atoms. The van der Waals surface area contributed by atoms with E-state index in [2.05, 4.69) is 10.6 Å². The molecule has 2 aromatic rings. The van der Waals surface area contributed by atoms with E-state index >= 15 is 0 Å². The van der Waals surface area contributed by atoms with Gasteiger partial charge < -0.3 is 20.1 Å². The molecule has 0 atom stereocenters. The van der Waals surface area contributed by atoms with Crippen LogP contribution in [0.1, 0.15) is 15.9 Å². The third-order valence-electron chi connectivity index (χ3n) is 3.70. The van der Waals surface area contributed by atoms with Gasteiger partial charge in [0.2, 0.25) is 0 Å². The second kappa shape index (κ2) is 10.6. The fourth-order valence-electron chi connectivity index (χ4n) is 2.34. The lowest BCUT2D eigenvalue weighted by atomic mass is 10.1. The van der Waals surface area contributed by atoms with E-state index in [4.69, 9.17) is 9.47 Å². The number of para-hydroxylation sites is 1. The molecule has 0 aromatic heterocycles. The monoisotopic (exact) mass is 370 g/mol. The summed E-state index contributed by atoms with van der Waals surface area (Å²) >= 11 is 0. The molecule has 0 aliphatic carbocycles. The van der Waals surface area contributed by atoms with Crippen LogP contribution in [0.25, 0.3) is 0 Å². The van der Waals surface area contributed by atoms with Gasteiger partial charge in [-0.2, -0.15) is 0 Å². The quantitative estimate of drug-likeness (QED) is 0.650. The molecule has 0 unspecified atom stereocenters. The molecule has 2 aromatic carbocycles. The number of hydrogen-bond acceptors (Lipinski definition) is 5. The molecule has 2 amide bonds. The third-order valence-corrected chi connectivity index (χ3v) is 3.70. The molecule has 0 saturated heterocycles. The highest BCUT2D eigenvalue weighted by atomic mass is 16.5. The van der Waals surface area contributed by atoms with Crippen molar-refractivity contribution in [1.29, 1.82) is 0 Å². The first-order valence-electron chi connectivity index (χ1n) is 8.47. The maximum absolute atomic E-state index is 11.8. The van der Waals surface area contributed by atoms with Crippen LogP contribution in [0.2, 0.25) is 0 Å². The highest BCUT2D eigenvalue weighted by Crippen LogP contribution is 2.17. The number of carbonyl (C=O) groups excluding carboxylic acids is 3. The molecule has 7 heteroatoms. The van der Waals surface area contributed by atoms with Gasteiger partial charge in [-0.25, -0.2) is 0 Å². The second-order valence-corrected chi connectivity index (χ2v) is 5.62. The largest absolute Gasteiger partial charge is 0.496 e. The Balaban J connectivity index is 1.63. The standard InChI is InChI=1S/C20H22N2O5/c1-26-17-10-6-5-7-15(17)11-12-21-18(23)14-27-19(24)13-22-20(25)16-8-3-2-4-9-16/h2-10H,11-14H2,1H3,(H,21,23)(H,22,25). The molecule has 0 aliphatic rings. The summed E-state index contributed by atoms with van der Waals surface area (Å²) < 4.78 is 10.1. The molecule has 0 saturated carbocycles. The molecule has 2 N–H and O–H groups in total. The van der Waals surface area contributed by atoms with Crippen LogP contribution in [0, 0.1) is 0 Å². The van der Waals surface area contributed by atoms with Crippen molar-refractivity contribution in [3.05, 3.63) is 65.7 Å². The predicted molar refractivity (Wildman–Crippen MR) is 99.4 cm³/mol. The van der Waals surface area contributed by atoms with Crippen molar-refractivity contribution in [2.75, 3.05) is 26.8 Å². The lowest BCUT2D eigenvalue weighted by Gasteiger charge is -2.09. The summed E-state index contributed by atoms with van der Waals surface area (Å²) in [6.45, 7) is -0.310. The Hall–Kier alpha value is -3.35. The van der Waals surface area contributed by atoms with Gasteiger partial charge in [-0.05, 0) is 30.2 Å². The highest BCUT2D eigenvalue weighted by molar-refractivity contribution is 5.96. The normalized spacial score (nSPS) is 9.96. The molecule has 2 rings (SSSR count). The first kappa shape index (κ1) is 20.0. The topological polar surface area (TPSA) is 93.7 Å². The molecule has 142 valence electrons. The summed E-state index contributed by atoms with van der Waals surface area (Å²) in [6.07, 6.45) is 0.594. The van der Waals surface area contributed by atoms with Crippen LogP contribution < -0.4 is 15.4 Å². The summed E-state index contributed by atoms with van der Waals surface area (Å²) in [5.74, 6) is -0.715. The van der Waals surface area contributed by atoms with Crippen molar-refractivity contribution in [1.82, 2.24) is 10.6 Å². The van der Waals surface area contributed by atoms with Crippen molar-refractivity contribution >= 4 is 17.8 Å². The summed E-state index contributed by atoms with van der Waals surface area (Å²) in [7, 11) is 1.59. The number of esters is 1. The zero-order chi connectivity index (χ0) is 19.5. The van der Waals surface area contributed by atoms with Crippen molar-refractivity contribution < 1.29 is 23.9 Å². The summed E-state index contributed by atoms with van der Waals surface area (Å²) in [4.78, 5) is 35.2. The molecular weight excluding hydrogens is 348 g/mol. The van der Waals surface area contributed by atoms with Gasteiger partial charge in [0.15, 0.2) is 6.61 Å². The van der Waals surface area contributed by atoms with Crippen LogP contribution in [0.3, 0.4) is 0 Å². The van der Waals surface area contributed by atoms with E-state index in [1.165, 1.54) is 0 Å². The maximum atomic E-state index is 11.8. The van der Waals surface area contributed by atoms with E-state index in [0.717, 1.165) is 11.3 Å². The fraction of sp³-hybridized carbons (Fsp3) is 0.250. The van der Waals surface area contributed by atoms with Crippen molar-refractivity contribution in [2.45, 2.75) is 6.42 Å². The zero-order valence-corrected chi connectivity index (χ0v) is 15.1. The van der Waals surface area contributed by atoms with E-state index in [-0.39, 0.29) is 12.5 Å². The van der Waals surface area contributed by atoms with Crippen LogP contribution >= 0.6 is 0 Å². The van der Waals surface area contributed by atoms with Gasteiger partial charge >= 0.3 is 5.97 Å². The van der Waals surface area contributed by atoms with Crippen LogP contribution in [0.15, 0.2) is 54.6 Å². The minimum Gasteiger partial charge on any atom is -0.496 e. The summed E-state index contributed by atoms with van der Waals surface area (Å²) in [5, 5.41) is 5.11. The van der Waals surface area contributed by atoms with E-state index in [0.29, 0.717) is 18.5 Å².